The molecule has 2 aromatic rings. The second-order valence-corrected chi connectivity index (χ2v) is 5.13. The Labute approximate surface area is 129 Å². The quantitative estimate of drug-likeness (QED) is 0.880. The highest BCUT2D eigenvalue weighted by atomic mass is 16.5. The van der Waals surface area contributed by atoms with Crippen molar-refractivity contribution in [2.75, 3.05) is 7.05 Å². The van der Waals surface area contributed by atoms with E-state index in [2.05, 4.69) is 20.6 Å². The van der Waals surface area contributed by atoms with Crippen LogP contribution in [0.2, 0.25) is 0 Å². The largest absolute Gasteiger partial charge is 0.359 e. The number of hydrogen-bond acceptors (Lipinski definition) is 5. The Morgan fingerprint density at radius 2 is 2.27 bits per heavy atom. The molecule has 0 aliphatic heterocycles. The minimum atomic E-state index is -0.188. The lowest BCUT2D eigenvalue weighted by Crippen LogP contribution is -2.39. The van der Waals surface area contributed by atoms with Crippen molar-refractivity contribution in [3.05, 3.63) is 29.7 Å². The van der Waals surface area contributed by atoms with Crippen LogP contribution in [0.4, 0.5) is 4.79 Å². The van der Waals surface area contributed by atoms with Crippen molar-refractivity contribution in [1.82, 2.24) is 30.1 Å². The molecule has 2 heterocycles. The third-order valence-corrected chi connectivity index (χ3v) is 3.38. The van der Waals surface area contributed by atoms with Gasteiger partial charge in [-0.25, -0.2) is 14.5 Å². The summed E-state index contributed by atoms with van der Waals surface area (Å²) in [5.41, 5.74) is 0.797. The van der Waals surface area contributed by atoms with Crippen molar-refractivity contribution < 1.29 is 9.32 Å². The second-order valence-electron chi connectivity index (χ2n) is 5.13. The van der Waals surface area contributed by atoms with Crippen molar-refractivity contribution in [3.8, 4) is 0 Å². The summed E-state index contributed by atoms with van der Waals surface area (Å²) in [4.78, 5) is 18.1. The van der Waals surface area contributed by atoms with E-state index < -0.39 is 0 Å². The fourth-order valence-electron chi connectivity index (χ4n) is 2.19. The third-order valence-electron chi connectivity index (χ3n) is 3.38. The van der Waals surface area contributed by atoms with Gasteiger partial charge in [0.15, 0.2) is 5.76 Å². The van der Waals surface area contributed by atoms with Crippen LogP contribution in [0.3, 0.4) is 0 Å². The first-order chi connectivity index (χ1) is 10.5. The van der Waals surface area contributed by atoms with E-state index in [1.54, 1.807) is 16.6 Å². The fraction of sp³-hybridized carbons (Fsp3) is 0.571. The van der Waals surface area contributed by atoms with E-state index in [4.69, 9.17) is 4.52 Å². The first kappa shape index (κ1) is 16.0. The van der Waals surface area contributed by atoms with E-state index in [1.807, 2.05) is 26.8 Å². The van der Waals surface area contributed by atoms with E-state index in [0.717, 1.165) is 24.5 Å². The number of rotatable bonds is 6. The summed E-state index contributed by atoms with van der Waals surface area (Å²) < 4.78 is 6.91. The summed E-state index contributed by atoms with van der Waals surface area (Å²) in [6.45, 7) is 6.92. The van der Waals surface area contributed by atoms with Gasteiger partial charge in [0.25, 0.3) is 0 Å². The molecule has 0 saturated carbocycles. The number of aromatic nitrogens is 4. The fourth-order valence-corrected chi connectivity index (χ4v) is 2.19. The van der Waals surface area contributed by atoms with Crippen molar-refractivity contribution in [2.45, 2.75) is 46.3 Å². The lowest BCUT2D eigenvalue weighted by atomic mass is 10.2. The van der Waals surface area contributed by atoms with Gasteiger partial charge in [-0.2, -0.15) is 5.10 Å². The second kappa shape index (κ2) is 7.06. The Hall–Kier alpha value is -2.38. The van der Waals surface area contributed by atoms with Gasteiger partial charge in [-0.1, -0.05) is 12.1 Å². The Balaban J connectivity index is 1.99. The SMILES string of the molecule is CC[C@H](NC(=O)N(C)Cc1cc(C)no1)c1ncnn1CC. The number of carbonyl (C=O) groups is 1. The van der Waals surface area contributed by atoms with Gasteiger partial charge in [-0.05, 0) is 20.3 Å². The molecule has 0 bridgehead atoms. The Morgan fingerprint density at radius 3 is 2.86 bits per heavy atom. The van der Waals surface area contributed by atoms with Gasteiger partial charge < -0.3 is 14.7 Å². The predicted octanol–water partition coefficient (Wildman–Crippen LogP) is 1.89. The van der Waals surface area contributed by atoms with Crippen LogP contribution in [-0.4, -0.2) is 37.9 Å². The van der Waals surface area contributed by atoms with Gasteiger partial charge in [0.05, 0.1) is 18.3 Å². The van der Waals surface area contributed by atoms with Crippen LogP contribution in [0, 0.1) is 6.92 Å². The Kier molecular flexibility index (Phi) is 5.13. The smallest absolute Gasteiger partial charge is 0.318 e. The molecule has 0 aromatic carbocycles. The molecule has 2 amide bonds. The third kappa shape index (κ3) is 3.63. The van der Waals surface area contributed by atoms with Gasteiger partial charge in [0, 0.05) is 19.7 Å². The first-order valence-electron chi connectivity index (χ1n) is 7.36. The molecule has 8 nitrogen and oxygen atoms in total. The van der Waals surface area contributed by atoms with Gasteiger partial charge >= 0.3 is 6.03 Å². The van der Waals surface area contributed by atoms with Crippen LogP contribution >= 0.6 is 0 Å². The maximum Gasteiger partial charge on any atom is 0.318 e. The van der Waals surface area contributed by atoms with E-state index in [-0.39, 0.29) is 12.1 Å². The summed E-state index contributed by atoms with van der Waals surface area (Å²) in [6, 6.07) is 1.45. The van der Waals surface area contributed by atoms with Crippen LogP contribution in [0.1, 0.15) is 43.6 Å². The number of nitrogens with one attached hydrogen (secondary N) is 1. The zero-order valence-electron chi connectivity index (χ0n) is 13.4. The average molecular weight is 306 g/mol. The van der Waals surface area contributed by atoms with Crippen LogP contribution in [-0.2, 0) is 13.1 Å². The molecular weight excluding hydrogens is 284 g/mol. The number of aryl methyl sites for hydroxylation is 2. The summed E-state index contributed by atoms with van der Waals surface area (Å²) in [7, 11) is 1.71. The van der Waals surface area contributed by atoms with Crippen molar-refractivity contribution in [1.29, 1.82) is 0 Å². The molecule has 0 radical (unpaired) electrons. The Morgan fingerprint density at radius 1 is 1.50 bits per heavy atom. The molecule has 0 fully saturated rings. The molecule has 0 spiro atoms. The van der Waals surface area contributed by atoms with Crippen LogP contribution in [0.15, 0.2) is 16.9 Å². The van der Waals surface area contributed by atoms with Crippen LogP contribution < -0.4 is 5.32 Å². The standard InChI is InChI=1S/C14H22N6O2/c1-5-12(13-15-9-16-20(13)6-2)17-14(21)19(4)8-11-7-10(3)18-22-11/h7,9,12H,5-6,8H2,1-4H3,(H,17,21)/t12-/m0/s1. The maximum atomic E-state index is 12.3. The zero-order valence-corrected chi connectivity index (χ0v) is 13.4. The lowest BCUT2D eigenvalue weighted by molar-refractivity contribution is 0.195. The van der Waals surface area contributed by atoms with Crippen LogP contribution in [0.25, 0.3) is 0 Å². The number of urea groups is 1. The molecule has 1 atom stereocenters. The molecule has 1 N–H and O–H groups in total. The van der Waals surface area contributed by atoms with Gasteiger partial charge in [-0.15, -0.1) is 0 Å². The monoisotopic (exact) mass is 306 g/mol. The summed E-state index contributed by atoms with van der Waals surface area (Å²) in [5, 5.41) is 10.9. The summed E-state index contributed by atoms with van der Waals surface area (Å²) >= 11 is 0. The highest BCUT2D eigenvalue weighted by molar-refractivity contribution is 5.74. The average Bonchev–Trinajstić information content (AvgIpc) is 3.13. The van der Waals surface area contributed by atoms with Gasteiger partial charge in [0.1, 0.15) is 12.2 Å². The molecule has 120 valence electrons. The minimum absolute atomic E-state index is 0.172. The number of amides is 2. The number of carbonyl (C=O) groups excluding carboxylic acids is 1. The highest BCUT2D eigenvalue weighted by Gasteiger charge is 2.20. The zero-order chi connectivity index (χ0) is 16.1. The minimum Gasteiger partial charge on any atom is -0.359 e. The van der Waals surface area contributed by atoms with E-state index in [1.165, 1.54) is 6.33 Å². The number of hydrogen-bond donors (Lipinski definition) is 1. The molecule has 22 heavy (non-hydrogen) atoms. The van der Waals surface area contributed by atoms with Crippen molar-refractivity contribution >= 4 is 6.03 Å². The lowest BCUT2D eigenvalue weighted by Gasteiger charge is -2.21. The first-order valence-corrected chi connectivity index (χ1v) is 7.36. The van der Waals surface area contributed by atoms with Gasteiger partial charge in [-0.3, -0.25) is 0 Å². The molecule has 2 aromatic heterocycles. The molecule has 8 heteroatoms. The molecule has 0 aliphatic carbocycles. The summed E-state index contributed by atoms with van der Waals surface area (Å²) in [6.07, 6.45) is 2.24. The Bertz CT molecular complexity index is 620. The molecule has 0 aliphatic rings. The van der Waals surface area contributed by atoms with Gasteiger partial charge in [0.2, 0.25) is 0 Å². The van der Waals surface area contributed by atoms with Crippen LogP contribution in [0.5, 0.6) is 0 Å². The highest BCUT2D eigenvalue weighted by Crippen LogP contribution is 2.14. The van der Waals surface area contributed by atoms with E-state index in [9.17, 15) is 4.79 Å². The normalized spacial score (nSPS) is 12.2. The van der Waals surface area contributed by atoms with Crippen molar-refractivity contribution in [3.63, 3.8) is 0 Å². The predicted molar refractivity (Wildman–Crippen MR) is 80.0 cm³/mol. The summed E-state index contributed by atoms with van der Waals surface area (Å²) in [5.74, 6) is 1.42. The van der Waals surface area contributed by atoms with E-state index >= 15 is 0 Å². The number of nitrogens with zero attached hydrogens (tertiary/aromatic N) is 5. The molecule has 0 unspecified atom stereocenters. The van der Waals surface area contributed by atoms with E-state index in [0.29, 0.717) is 12.3 Å². The molecule has 0 saturated heterocycles. The van der Waals surface area contributed by atoms with Crippen molar-refractivity contribution in [2.24, 2.45) is 0 Å². The topological polar surface area (TPSA) is 89.1 Å². The maximum absolute atomic E-state index is 12.3. The molecular formula is C14H22N6O2. The molecule has 2 rings (SSSR count).